The van der Waals surface area contributed by atoms with Crippen molar-refractivity contribution in [2.75, 3.05) is 11.5 Å². The SMILES string of the molecule is Cc1cc[n+](C)n1CC1=C(C(=O)[O-])N2C(=O)[C@@H](NC(=O)C(=NOC3C=CCC3)c3csc(N)n3)[C@H]2SC1. The first kappa shape index (κ1) is 25.0. The number of anilines is 1. The molecule has 1 fully saturated rings. The number of oxime groups is 1. The number of hydrogen-bond acceptors (Lipinski definition) is 10. The third kappa shape index (κ3) is 4.73. The fraction of sp³-hybridized carbons (Fsp3) is 0.391. The zero-order valence-electron chi connectivity index (χ0n) is 20.1. The highest BCUT2D eigenvalue weighted by atomic mass is 32.2. The Morgan fingerprint density at radius 3 is 2.86 bits per heavy atom. The van der Waals surface area contributed by atoms with Gasteiger partial charge in [-0.2, -0.15) is 4.68 Å². The highest BCUT2D eigenvalue weighted by Crippen LogP contribution is 2.40. The van der Waals surface area contributed by atoms with Crippen LogP contribution in [0.1, 0.15) is 24.2 Å². The monoisotopic (exact) mass is 543 g/mol. The number of amides is 2. The van der Waals surface area contributed by atoms with Crippen LogP contribution in [0, 0.1) is 6.92 Å². The van der Waals surface area contributed by atoms with Crippen molar-refractivity contribution in [3.8, 4) is 0 Å². The molecule has 0 radical (unpaired) electrons. The summed E-state index contributed by atoms with van der Waals surface area (Å²) in [6, 6.07) is 0.977. The van der Waals surface area contributed by atoms with E-state index in [9.17, 15) is 19.5 Å². The number of carboxylic acid groups (broad SMARTS) is 1. The molecule has 1 aliphatic carbocycles. The zero-order chi connectivity index (χ0) is 26.3. The summed E-state index contributed by atoms with van der Waals surface area (Å²) in [4.78, 5) is 49.2. The second kappa shape index (κ2) is 10.0. The molecule has 5 rings (SSSR count). The predicted molar refractivity (Wildman–Crippen MR) is 134 cm³/mol. The Bertz CT molecular complexity index is 1340. The molecule has 0 spiro atoms. The number of aryl methyl sites for hydroxylation is 2. The number of thiazole rings is 1. The molecule has 3 N–H and O–H groups in total. The maximum Gasteiger partial charge on any atom is 0.276 e. The van der Waals surface area contributed by atoms with Crippen molar-refractivity contribution in [2.45, 2.75) is 43.8 Å². The summed E-state index contributed by atoms with van der Waals surface area (Å²) in [7, 11) is 1.85. The van der Waals surface area contributed by atoms with Gasteiger partial charge in [0.2, 0.25) is 0 Å². The Labute approximate surface area is 220 Å². The van der Waals surface area contributed by atoms with E-state index in [2.05, 4.69) is 15.5 Å². The standard InChI is InChI=1S/C23H25N7O5S2/c1-12-7-8-28(2)29(12)9-13-10-36-21-17(20(32)30(21)18(13)22(33)34)26-19(31)16(15-11-37-23(24)25-15)27-35-14-5-3-4-6-14/h3,5,7-8,11,14,17,21H,4,6,9-10H2,1-2H3,(H3-,24,25,26,31,33,34)/t14?,17-,21-/m1/s1. The number of hydrogen-bond donors (Lipinski definition) is 2. The van der Waals surface area contributed by atoms with Crippen molar-refractivity contribution >= 4 is 51.7 Å². The third-order valence-corrected chi connectivity index (χ3v) is 8.43. The van der Waals surface area contributed by atoms with Crippen LogP contribution in [0.3, 0.4) is 0 Å². The molecule has 3 atom stereocenters. The van der Waals surface area contributed by atoms with Gasteiger partial charge in [0.05, 0.1) is 17.4 Å². The van der Waals surface area contributed by atoms with Crippen LogP contribution in [0.5, 0.6) is 0 Å². The molecule has 0 bridgehead atoms. The van der Waals surface area contributed by atoms with Crippen LogP contribution in [0.2, 0.25) is 0 Å². The van der Waals surface area contributed by atoms with Crippen molar-refractivity contribution < 1.29 is 29.0 Å². The molecule has 4 heterocycles. The van der Waals surface area contributed by atoms with E-state index in [0.717, 1.165) is 29.9 Å². The lowest BCUT2D eigenvalue weighted by Crippen LogP contribution is -2.71. The number of carboxylic acids is 1. The van der Waals surface area contributed by atoms with Gasteiger partial charge in [0, 0.05) is 17.2 Å². The van der Waals surface area contributed by atoms with Crippen LogP contribution in [0.15, 0.2) is 46.2 Å². The maximum atomic E-state index is 13.2. The molecular formula is C23H25N7O5S2. The fourth-order valence-corrected chi connectivity index (χ4v) is 6.35. The van der Waals surface area contributed by atoms with Gasteiger partial charge in [-0.1, -0.05) is 11.2 Å². The van der Waals surface area contributed by atoms with E-state index in [1.165, 1.54) is 16.7 Å². The van der Waals surface area contributed by atoms with Gasteiger partial charge in [-0.25, -0.2) is 4.98 Å². The number of nitrogens with two attached hydrogens (primary N) is 1. The van der Waals surface area contributed by atoms with E-state index in [-0.39, 0.29) is 28.3 Å². The number of nitrogens with zero attached hydrogens (tertiary/aromatic N) is 5. The van der Waals surface area contributed by atoms with Crippen LogP contribution in [-0.4, -0.2) is 61.3 Å². The van der Waals surface area contributed by atoms with Gasteiger partial charge >= 0.3 is 0 Å². The molecule has 2 aromatic heterocycles. The van der Waals surface area contributed by atoms with Gasteiger partial charge in [0.25, 0.3) is 11.8 Å². The molecule has 1 unspecified atom stereocenters. The summed E-state index contributed by atoms with van der Waals surface area (Å²) in [5.74, 6) is -2.26. The molecule has 2 aliphatic heterocycles. The van der Waals surface area contributed by atoms with Crippen molar-refractivity contribution in [1.29, 1.82) is 0 Å². The van der Waals surface area contributed by atoms with Gasteiger partial charge in [0.1, 0.15) is 29.8 Å². The lowest BCUT2D eigenvalue weighted by molar-refractivity contribution is -0.753. The summed E-state index contributed by atoms with van der Waals surface area (Å²) in [5, 5.41) is 20.1. The van der Waals surface area contributed by atoms with Gasteiger partial charge in [0.15, 0.2) is 24.1 Å². The van der Waals surface area contributed by atoms with Crippen LogP contribution in [0.25, 0.3) is 0 Å². The quantitative estimate of drug-likeness (QED) is 0.144. The maximum absolute atomic E-state index is 13.2. The minimum atomic E-state index is -1.43. The second-order valence-electron chi connectivity index (χ2n) is 8.85. The fourth-order valence-electron chi connectivity index (χ4n) is 4.46. The number of rotatable bonds is 8. The molecule has 194 valence electrons. The molecular weight excluding hydrogens is 518 g/mol. The van der Waals surface area contributed by atoms with Crippen LogP contribution in [0.4, 0.5) is 5.13 Å². The smallest absolute Gasteiger partial charge is 0.276 e. The number of β-lactam (4-membered cyclic amide) rings is 1. The average Bonchev–Trinajstić information content (AvgIpc) is 3.61. The van der Waals surface area contributed by atoms with E-state index in [0.29, 0.717) is 17.9 Å². The summed E-state index contributed by atoms with van der Waals surface area (Å²) in [5.41, 5.74) is 7.23. The minimum absolute atomic E-state index is 0.104. The zero-order valence-corrected chi connectivity index (χ0v) is 21.8. The lowest BCUT2D eigenvalue weighted by atomic mass is 10.0. The van der Waals surface area contributed by atoms with Gasteiger partial charge in [-0.3, -0.25) is 14.5 Å². The van der Waals surface area contributed by atoms with Gasteiger partial charge in [-0.15, -0.1) is 27.8 Å². The van der Waals surface area contributed by atoms with Gasteiger partial charge in [-0.05, 0) is 31.4 Å². The summed E-state index contributed by atoms with van der Waals surface area (Å²) in [6.45, 7) is 2.22. The number of allylic oxidation sites excluding steroid dienone is 1. The van der Waals surface area contributed by atoms with Crippen molar-refractivity contribution in [1.82, 2.24) is 19.9 Å². The number of nitrogen functional groups attached to an aromatic ring is 1. The molecule has 0 saturated carbocycles. The molecule has 2 amide bonds. The first-order chi connectivity index (χ1) is 17.7. The van der Waals surface area contributed by atoms with E-state index < -0.39 is 29.2 Å². The van der Waals surface area contributed by atoms with Crippen molar-refractivity contribution in [3.63, 3.8) is 0 Å². The number of fused-ring (bicyclic) bond motifs is 1. The first-order valence-electron chi connectivity index (χ1n) is 11.6. The van der Waals surface area contributed by atoms with E-state index in [1.54, 1.807) is 5.38 Å². The highest BCUT2D eigenvalue weighted by Gasteiger charge is 2.53. The Kier molecular flexibility index (Phi) is 6.77. The van der Waals surface area contributed by atoms with Gasteiger partial charge < -0.3 is 25.8 Å². The molecule has 14 heteroatoms. The van der Waals surface area contributed by atoms with E-state index in [1.807, 2.05) is 47.8 Å². The summed E-state index contributed by atoms with van der Waals surface area (Å²) in [6.07, 6.45) is 7.05. The normalized spacial score (nSPS) is 23.2. The number of aromatic nitrogens is 3. The van der Waals surface area contributed by atoms with Crippen LogP contribution >= 0.6 is 23.1 Å². The Balaban J connectivity index is 1.35. The number of aliphatic carboxylic acids is 1. The molecule has 0 aromatic carbocycles. The summed E-state index contributed by atoms with van der Waals surface area (Å²) < 4.78 is 3.76. The molecule has 1 saturated heterocycles. The summed E-state index contributed by atoms with van der Waals surface area (Å²) >= 11 is 2.53. The Morgan fingerprint density at radius 2 is 2.24 bits per heavy atom. The highest BCUT2D eigenvalue weighted by molar-refractivity contribution is 8.00. The Morgan fingerprint density at radius 1 is 1.43 bits per heavy atom. The molecule has 3 aliphatic rings. The second-order valence-corrected chi connectivity index (χ2v) is 10.8. The molecule has 2 aromatic rings. The average molecular weight is 544 g/mol. The topological polar surface area (TPSA) is 159 Å². The van der Waals surface area contributed by atoms with Crippen molar-refractivity contribution in [2.24, 2.45) is 12.2 Å². The number of nitrogens with one attached hydrogen (secondary N) is 1. The minimum Gasteiger partial charge on any atom is -0.543 e. The van der Waals surface area contributed by atoms with E-state index in [4.69, 9.17) is 10.6 Å². The third-order valence-electron chi connectivity index (χ3n) is 6.41. The van der Waals surface area contributed by atoms with E-state index >= 15 is 0 Å². The lowest BCUT2D eigenvalue weighted by Gasteiger charge is -2.50. The van der Waals surface area contributed by atoms with Crippen molar-refractivity contribution in [3.05, 3.63) is 52.5 Å². The molecule has 37 heavy (non-hydrogen) atoms. The largest absolute Gasteiger partial charge is 0.543 e. The first-order valence-corrected chi connectivity index (χ1v) is 13.5. The van der Waals surface area contributed by atoms with Crippen LogP contribution in [-0.2, 0) is 32.8 Å². The number of carbonyl (C=O) groups is 3. The number of carbonyl (C=O) groups excluding carboxylic acids is 3. The van der Waals surface area contributed by atoms with Crippen LogP contribution < -0.4 is 20.8 Å². The molecule has 12 nitrogen and oxygen atoms in total. The predicted octanol–water partition coefficient (Wildman–Crippen LogP) is -0.797. The Hall–Kier alpha value is -3.65. The number of thioether (sulfide) groups is 1.